The number of urea groups is 2. The van der Waals surface area contributed by atoms with Gasteiger partial charge >= 0.3 is 12.1 Å². The van der Waals surface area contributed by atoms with E-state index in [1.54, 1.807) is 0 Å². The first-order chi connectivity index (χ1) is 7.74. The van der Waals surface area contributed by atoms with E-state index in [-0.39, 0.29) is 18.1 Å². The number of hydrogen-bond acceptors (Lipinski definition) is 2. The summed E-state index contributed by atoms with van der Waals surface area (Å²) in [6, 6.07) is 0.591. The molecule has 0 aromatic carbocycles. The Kier molecular flexibility index (Phi) is 2.15. The van der Waals surface area contributed by atoms with Crippen LogP contribution < -0.4 is 10.6 Å². The molecule has 0 radical (unpaired) electrons. The van der Waals surface area contributed by atoms with Gasteiger partial charge in [0.1, 0.15) is 0 Å². The number of carbonyl (C=O) groups excluding carboxylic acids is 2. The zero-order valence-corrected chi connectivity index (χ0v) is 9.11. The minimum absolute atomic E-state index is 0.00671. The lowest BCUT2D eigenvalue weighted by molar-refractivity contribution is 0.129. The highest BCUT2D eigenvalue weighted by Gasteiger charge is 2.37. The third kappa shape index (κ3) is 1.68. The van der Waals surface area contributed by atoms with Crippen LogP contribution in [0, 0.1) is 0 Å². The first-order valence-corrected chi connectivity index (χ1v) is 5.84. The van der Waals surface area contributed by atoms with Crippen LogP contribution in [0.2, 0.25) is 0 Å². The van der Waals surface area contributed by atoms with E-state index in [9.17, 15) is 9.59 Å². The van der Waals surface area contributed by atoms with Crippen molar-refractivity contribution in [1.29, 1.82) is 0 Å². The lowest BCUT2D eigenvalue weighted by atomic mass is 10.2. The Bertz CT molecular complexity index is 329. The van der Waals surface area contributed by atoms with Crippen molar-refractivity contribution >= 4 is 12.1 Å². The molecular formula is C10H16N4O2. The first-order valence-electron chi connectivity index (χ1n) is 5.84. The third-order valence-corrected chi connectivity index (χ3v) is 3.42. The minimum atomic E-state index is 0.00671. The normalized spacial score (nSPS) is 28.8. The van der Waals surface area contributed by atoms with E-state index in [0.717, 1.165) is 12.8 Å². The molecule has 6 nitrogen and oxygen atoms in total. The van der Waals surface area contributed by atoms with Crippen LogP contribution in [-0.2, 0) is 0 Å². The molecule has 0 aromatic heterocycles. The van der Waals surface area contributed by atoms with Crippen LogP contribution in [0.15, 0.2) is 0 Å². The maximum Gasteiger partial charge on any atom is 0.317 e. The van der Waals surface area contributed by atoms with Crippen molar-refractivity contribution in [2.45, 2.75) is 24.9 Å². The molecule has 3 rings (SSSR count). The fraction of sp³-hybridized carbons (Fsp3) is 0.800. The van der Waals surface area contributed by atoms with Crippen LogP contribution in [-0.4, -0.2) is 60.1 Å². The van der Waals surface area contributed by atoms with Crippen molar-refractivity contribution in [2.75, 3.05) is 26.2 Å². The highest BCUT2D eigenvalue weighted by molar-refractivity contribution is 5.79. The molecule has 2 N–H and O–H groups in total. The highest BCUT2D eigenvalue weighted by atomic mass is 16.2. The van der Waals surface area contributed by atoms with Gasteiger partial charge in [-0.3, -0.25) is 0 Å². The number of amides is 4. The molecule has 2 saturated heterocycles. The van der Waals surface area contributed by atoms with E-state index in [0.29, 0.717) is 32.2 Å². The molecule has 6 heteroatoms. The fourth-order valence-electron chi connectivity index (χ4n) is 2.28. The molecule has 3 fully saturated rings. The van der Waals surface area contributed by atoms with E-state index < -0.39 is 0 Å². The largest absolute Gasteiger partial charge is 0.336 e. The first kappa shape index (κ1) is 9.74. The number of rotatable bonds is 1. The Morgan fingerprint density at radius 2 is 2.19 bits per heavy atom. The standard InChI is InChI=1S/C10H16N4O2/c15-9-11-5-8-6-13(3-4-14(8)9)10(16)12-7-1-2-7/h7-8H,1-6H2,(H,11,15)(H,12,16). The maximum absolute atomic E-state index is 11.8. The smallest absolute Gasteiger partial charge is 0.317 e. The topological polar surface area (TPSA) is 64.7 Å². The highest BCUT2D eigenvalue weighted by Crippen LogP contribution is 2.20. The monoisotopic (exact) mass is 224 g/mol. The second-order valence-corrected chi connectivity index (χ2v) is 4.70. The summed E-state index contributed by atoms with van der Waals surface area (Å²) in [5.74, 6) is 0. The predicted octanol–water partition coefficient (Wildman–Crippen LogP) is -0.432. The van der Waals surface area contributed by atoms with Gasteiger partial charge in [0.25, 0.3) is 0 Å². The Labute approximate surface area is 93.9 Å². The molecule has 16 heavy (non-hydrogen) atoms. The van der Waals surface area contributed by atoms with Crippen LogP contribution >= 0.6 is 0 Å². The molecule has 2 heterocycles. The van der Waals surface area contributed by atoms with Gasteiger partial charge in [0, 0.05) is 32.2 Å². The molecule has 0 bridgehead atoms. The summed E-state index contributed by atoms with van der Waals surface area (Å²) < 4.78 is 0. The van der Waals surface area contributed by atoms with E-state index in [1.807, 2.05) is 9.80 Å². The van der Waals surface area contributed by atoms with Gasteiger partial charge in [0.05, 0.1) is 6.04 Å². The molecule has 4 amide bonds. The average molecular weight is 224 g/mol. The zero-order chi connectivity index (χ0) is 11.1. The van der Waals surface area contributed by atoms with E-state index in [2.05, 4.69) is 10.6 Å². The quantitative estimate of drug-likeness (QED) is 0.634. The van der Waals surface area contributed by atoms with Crippen LogP contribution in [0.25, 0.3) is 0 Å². The predicted molar refractivity (Wildman–Crippen MR) is 57.0 cm³/mol. The summed E-state index contributed by atoms with van der Waals surface area (Å²) in [4.78, 5) is 26.8. The molecule has 1 saturated carbocycles. The van der Waals surface area contributed by atoms with Crippen molar-refractivity contribution in [3.8, 4) is 0 Å². The van der Waals surface area contributed by atoms with Gasteiger partial charge in [-0.25, -0.2) is 9.59 Å². The third-order valence-electron chi connectivity index (χ3n) is 3.42. The molecule has 1 aliphatic carbocycles. The van der Waals surface area contributed by atoms with Gasteiger partial charge < -0.3 is 20.4 Å². The summed E-state index contributed by atoms with van der Waals surface area (Å²) in [6.07, 6.45) is 2.21. The number of nitrogens with zero attached hydrogens (tertiary/aromatic N) is 2. The fourth-order valence-corrected chi connectivity index (χ4v) is 2.28. The van der Waals surface area contributed by atoms with Gasteiger partial charge in [-0.05, 0) is 12.8 Å². The van der Waals surface area contributed by atoms with Gasteiger partial charge in [-0.15, -0.1) is 0 Å². The summed E-state index contributed by atoms with van der Waals surface area (Å²) in [7, 11) is 0. The van der Waals surface area contributed by atoms with Crippen molar-refractivity contribution in [3.05, 3.63) is 0 Å². The van der Waals surface area contributed by atoms with E-state index >= 15 is 0 Å². The molecule has 3 aliphatic rings. The Balaban J connectivity index is 1.58. The average Bonchev–Trinajstić information content (AvgIpc) is 3.02. The zero-order valence-electron chi connectivity index (χ0n) is 9.11. The lowest BCUT2D eigenvalue weighted by Gasteiger charge is -2.36. The number of piperazine rings is 1. The SMILES string of the molecule is O=C(NC1CC1)N1CCN2C(=O)NCC2C1. The van der Waals surface area contributed by atoms with Gasteiger partial charge in [-0.1, -0.05) is 0 Å². The summed E-state index contributed by atoms with van der Waals surface area (Å²) in [5.41, 5.74) is 0. The number of fused-ring (bicyclic) bond motifs is 1. The number of hydrogen-bond donors (Lipinski definition) is 2. The van der Waals surface area contributed by atoms with Crippen LogP contribution in [0.4, 0.5) is 9.59 Å². The van der Waals surface area contributed by atoms with Gasteiger partial charge in [0.15, 0.2) is 0 Å². The summed E-state index contributed by atoms with van der Waals surface area (Å²) in [5, 5.41) is 5.78. The molecule has 1 unspecified atom stereocenters. The van der Waals surface area contributed by atoms with Gasteiger partial charge in [-0.2, -0.15) is 0 Å². The Morgan fingerprint density at radius 3 is 2.94 bits per heavy atom. The van der Waals surface area contributed by atoms with E-state index in [1.165, 1.54) is 0 Å². The summed E-state index contributed by atoms with van der Waals surface area (Å²) >= 11 is 0. The van der Waals surface area contributed by atoms with Crippen LogP contribution in [0.1, 0.15) is 12.8 Å². The Morgan fingerprint density at radius 1 is 1.38 bits per heavy atom. The summed E-state index contributed by atoms with van der Waals surface area (Å²) in [6.45, 7) is 2.60. The number of carbonyl (C=O) groups is 2. The second kappa shape index (κ2) is 3.54. The van der Waals surface area contributed by atoms with Crippen molar-refractivity contribution < 1.29 is 9.59 Å². The lowest BCUT2D eigenvalue weighted by Crippen LogP contribution is -2.56. The minimum Gasteiger partial charge on any atom is -0.336 e. The molecular weight excluding hydrogens is 208 g/mol. The molecule has 0 spiro atoms. The Hall–Kier alpha value is -1.46. The molecule has 1 atom stereocenters. The van der Waals surface area contributed by atoms with Gasteiger partial charge in [0.2, 0.25) is 0 Å². The number of nitrogens with one attached hydrogen (secondary N) is 2. The van der Waals surface area contributed by atoms with Crippen molar-refractivity contribution in [1.82, 2.24) is 20.4 Å². The van der Waals surface area contributed by atoms with Crippen LogP contribution in [0.3, 0.4) is 0 Å². The molecule has 88 valence electrons. The molecule has 2 aliphatic heterocycles. The van der Waals surface area contributed by atoms with Crippen molar-refractivity contribution in [2.24, 2.45) is 0 Å². The second-order valence-electron chi connectivity index (χ2n) is 4.70. The van der Waals surface area contributed by atoms with Crippen LogP contribution in [0.5, 0.6) is 0 Å². The maximum atomic E-state index is 11.8. The molecule has 0 aromatic rings. The van der Waals surface area contributed by atoms with Crippen molar-refractivity contribution in [3.63, 3.8) is 0 Å². The van der Waals surface area contributed by atoms with E-state index in [4.69, 9.17) is 0 Å².